The van der Waals surface area contributed by atoms with Crippen LogP contribution < -0.4 is 4.90 Å². The van der Waals surface area contributed by atoms with Crippen LogP contribution in [0.5, 0.6) is 0 Å². The van der Waals surface area contributed by atoms with Crippen molar-refractivity contribution in [1.82, 2.24) is 9.88 Å². The molecular weight excluding hydrogens is 249 g/mol. The van der Waals surface area contributed by atoms with Gasteiger partial charge >= 0.3 is 5.97 Å². The van der Waals surface area contributed by atoms with E-state index >= 15 is 0 Å². The lowest BCUT2D eigenvalue weighted by Crippen LogP contribution is -2.42. The number of pyridine rings is 1. The topological polar surface area (TPSA) is 56.7 Å². The molecule has 5 nitrogen and oxygen atoms in total. The summed E-state index contributed by atoms with van der Waals surface area (Å²) in [4.78, 5) is 18.9. The lowest BCUT2D eigenvalue weighted by molar-refractivity contribution is 0.0691. The van der Waals surface area contributed by atoms with Crippen LogP contribution in [0.1, 0.15) is 23.2 Å². The first kappa shape index (κ1) is 13.7. The van der Waals surface area contributed by atoms with E-state index < -0.39 is 11.8 Å². The summed E-state index contributed by atoms with van der Waals surface area (Å²) in [6.07, 6.45) is 3.18. The molecule has 0 unspecified atom stereocenters. The first-order chi connectivity index (χ1) is 9.00. The standard InChI is InChI=1S/C13H18FN3O2/c1-16-7-4-9(5-8-16)17(2)12-11(14)10(13(18)19)3-6-15-12/h3,6,9H,4-5,7-8H2,1-2H3,(H,18,19). The number of rotatable bonds is 3. The molecule has 19 heavy (non-hydrogen) atoms. The first-order valence-electron chi connectivity index (χ1n) is 6.30. The summed E-state index contributed by atoms with van der Waals surface area (Å²) in [7, 11) is 3.83. The fraction of sp³-hybridized carbons (Fsp3) is 0.538. The Morgan fingerprint density at radius 1 is 1.53 bits per heavy atom. The van der Waals surface area contributed by atoms with E-state index in [4.69, 9.17) is 5.11 Å². The normalized spacial score (nSPS) is 17.4. The lowest BCUT2D eigenvalue weighted by Gasteiger charge is -2.35. The molecule has 1 aromatic rings. The van der Waals surface area contributed by atoms with Gasteiger partial charge in [0.05, 0.1) is 0 Å². The van der Waals surface area contributed by atoms with Gasteiger partial charge in [-0.15, -0.1) is 0 Å². The molecule has 1 aliphatic rings. The van der Waals surface area contributed by atoms with Crippen LogP contribution in [-0.4, -0.2) is 54.2 Å². The van der Waals surface area contributed by atoms with Crippen molar-refractivity contribution in [3.63, 3.8) is 0 Å². The largest absolute Gasteiger partial charge is 0.478 e. The van der Waals surface area contributed by atoms with Crippen molar-refractivity contribution in [2.75, 3.05) is 32.1 Å². The Morgan fingerprint density at radius 3 is 2.74 bits per heavy atom. The molecule has 1 N–H and O–H groups in total. The van der Waals surface area contributed by atoms with Gasteiger partial charge in [-0.05, 0) is 39.0 Å². The van der Waals surface area contributed by atoms with Gasteiger partial charge in [0, 0.05) is 19.3 Å². The van der Waals surface area contributed by atoms with E-state index in [0.717, 1.165) is 25.9 Å². The van der Waals surface area contributed by atoms with Crippen LogP contribution in [0.3, 0.4) is 0 Å². The Bertz CT molecular complexity index is 473. The molecule has 0 aromatic carbocycles. The first-order valence-corrected chi connectivity index (χ1v) is 6.30. The number of halogens is 1. The molecular formula is C13H18FN3O2. The van der Waals surface area contributed by atoms with Crippen molar-refractivity contribution in [3.05, 3.63) is 23.6 Å². The van der Waals surface area contributed by atoms with Crippen LogP contribution >= 0.6 is 0 Å². The maximum absolute atomic E-state index is 14.1. The van der Waals surface area contributed by atoms with Crippen molar-refractivity contribution in [3.8, 4) is 0 Å². The van der Waals surface area contributed by atoms with E-state index in [9.17, 15) is 9.18 Å². The average molecular weight is 267 g/mol. The van der Waals surface area contributed by atoms with Crippen molar-refractivity contribution in [2.45, 2.75) is 18.9 Å². The predicted molar refractivity (Wildman–Crippen MR) is 70.1 cm³/mol. The van der Waals surface area contributed by atoms with Crippen molar-refractivity contribution >= 4 is 11.8 Å². The third kappa shape index (κ3) is 2.84. The quantitative estimate of drug-likeness (QED) is 0.898. The number of hydrogen-bond donors (Lipinski definition) is 1. The highest BCUT2D eigenvalue weighted by Crippen LogP contribution is 2.24. The summed E-state index contributed by atoms with van der Waals surface area (Å²) < 4.78 is 14.1. The average Bonchev–Trinajstić information content (AvgIpc) is 2.38. The van der Waals surface area contributed by atoms with Gasteiger partial charge in [-0.3, -0.25) is 0 Å². The second-order valence-electron chi connectivity index (χ2n) is 4.95. The van der Waals surface area contributed by atoms with E-state index in [1.807, 2.05) is 0 Å². The number of carboxylic acids is 1. The number of carbonyl (C=O) groups is 1. The molecule has 0 radical (unpaired) electrons. The fourth-order valence-corrected chi connectivity index (χ4v) is 2.40. The van der Waals surface area contributed by atoms with Crippen molar-refractivity contribution in [2.24, 2.45) is 0 Å². The lowest BCUT2D eigenvalue weighted by atomic mass is 10.0. The molecule has 104 valence electrons. The van der Waals surface area contributed by atoms with E-state index in [1.54, 1.807) is 11.9 Å². The van der Waals surface area contributed by atoms with Crippen LogP contribution in [0.25, 0.3) is 0 Å². The third-order valence-corrected chi connectivity index (χ3v) is 3.67. The minimum absolute atomic E-state index is 0.120. The van der Waals surface area contributed by atoms with Crippen LogP contribution in [0.15, 0.2) is 12.3 Å². The molecule has 1 saturated heterocycles. The summed E-state index contributed by atoms with van der Waals surface area (Å²) >= 11 is 0. The highest BCUT2D eigenvalue weighted by atomic mass is 19.1. The number of aromatic nitrogens is 1. The molecule has 2 rings (SSSR count). The number of piperidine rings is 1. The Hall–Kier alpha value is -1.69. The van der Waals surface area contributed by atoms with Gasteiger partial charge in [0.2, 0.25) is 0 Å². The summed E-state index contributed by atoms with van der Waals surface area (Å²) in [6, 6.07) is 1.38. The summed E-state index contributed by atoms with van der Waals surface area (Å²) in [6.45, 7) is 1.91. The molecule has 0 bridgehead atoms. The van der Waals surface area contributed by atoms with Gasteiger partial charge < -0.3 is 14.9 Å². The molecule has 0 atom stereocenters. The second kappa shape index (κ2) is 5.52. The number of hydrogen-bond acceptors (Lipinski definition) is 4. The predicted octanol–water partition coefficient (Wildman–Crippen LogP) is 1.45. The molecule has 1 fully saturated rings. The van der Waals surface area contributed by atoms with Crippen molar-refractivity contribution in [1.29, 1.82) is 0 Å². The number of carboxylic acid groups (broad SMARTS) is 1. The minimum Gasteiger partial charge on any atom is -0.478 e. The molecule has 0 amide bonds. The molecule has 6 heteroatoms. The Balaban J connectivity index is 2.21. The van der Waals surface area contributed by atoms with E-state index in [-0.39, 0.29) is 17.4 Å². The van der Waals surface area contributed by atoms with Crippen LogP contribution in [0.4, 0.5) is 10.2 Å². The molecule has 1 aromatic heterocycles. The van der Waals surface area contributed by atoms with Gasteiger partial charge in [-0.1, -0.05) is 0 Å². The van der Waals surface area contributed by atoms with E-state index in [1.165, 1.54) is 12.3 Å². The molecule has 1 aliphatic heterocycles. The third-order valence-electron chi connectivity index (χ3n) is 3.67. The van der Waals surface area contributed by atoms with Gasteiger partial charge in [0.25, 0.3) is 0 Å². The number of aromatic carboxylic acids is 1. The monoisotopic (exact) mass is 267 g/mol. The zero-order chi connectivity index (χ0) is 14.0. The molecule has 0 saturated carbocycles. The fourth-order valence-electron chi connectivity index (χ4n) is 2.40. The number of likely N-dealkylation sites (tertiary alicyclic amines) is 1. The minimum atomic E-state index is -1.27. The van der Waals surface area contributed by atoms with Crippen LogP contribution in [0, 0.1) is 5.82 Å². The molecule has 0 spiro atoms. The van der Waals surface area contributed by atoms with Gasteiger partial charge in [-0.2, -0.15) is 0 Å². The van der Waals surface area contributed by atoms with Crippen LogP contribution in [0.2, 0.25) is 0 Å². The van der Waals surface area contributed by atoms with Gasteiger partial charge in [-0.25, -0.2) is 14.2 Å². The Morgan fingerprint density at radius 2 is 2.16 bits per heavy atom. The SMILES string of the molecule is CN1CCC(N(C)c2nccc(C(=O)O)c2F)CC1. The summed E-state index contributed by atoms with van der Waals surface area (Å²) in [5.74, 6) is -1.90. The Kier molecular flexibility index (Phi) is 3.99. The van der Waals surface area contributed by atoms with Crippen LogP contribution in [-0.2, 0) is 0 Å². The zero-order valence-electron chi connectivity index (χ0n) is 11.1. The van der Waals surface area contributed by atoms with Gasteiger partial charge in [0.15, 0.2) is 11.6 Å². The maximum atomic E-state index is 14.1. The maximum Gasteiger partial charge on any atom is 0.338 e. The smallest absolute Gasteiger partial charge is 0.338 e. The van der Waals surface area contributed by atoms with E-state index in [0.29, 0.717) is 0 Å². The zero-order valence-corrected chi connectivity index (χ0v) is 11.1. The summed E-state index contributed by atoms with van der Waals surface area (Å²) in [5.41, 5.74) is -0.329. The second-order valence-corrected chi connectivity index (χ2v) is 4.95. The highest BCUT2D eigenvalue weighted by Gasteiger charge is 2.25. The van der Waals surface area contributed by atoms with Crippen molar-refractivity contribution < 1.29 is 14.3 Å². The number of nitrogens with zero attached hydrogens (tertiary/aromatic N) is 3. The van der Waals surface area contributed by atoms with Gasteiger partial charge in [0.1, 0.15) is 5.56 Å². The summed E-state index contributed by atoms with van der Waals surface area (Å²) in [5, 5.41) is 8.92. The van der Waals surface area contributed by atoms with E-state index in [2.05, 4.69) is 16.9 Å². The molecule has 2 heterocycles. The molecule has 0 aliphatic carbocycles. The Labute approximate surface area is 111 Å². The number of anilines is 1. The highest BCUT2D eigenvalue weighted by molar-refractivity contribution is 5.88.